The summed E-state index contributed by atoms with van der Waals surface area (Å²) in [5.74, 6) is 0.467. The molecular formula is C23H25N5O2. The van der Waals surface area contributed by atoms with Crippen LogP contribution in [0, 0.1) is 13.8 Å². The first-order chi connectivity index (χ1) is 14.4. The van der Waals surface area contributed by atoms with Gasteiger partial charge in [-0.25, -0.2) is 9.78 Å². The molecule has 1 atom stereocenters. The van der Waals surface area contributed by atoms with Gasteiger partial charge in [0.05, 0.1) is 16.8 Å². The number of nitrogens with zero attached hydrogens (tertiary/aromatic N) is 5. The molecule has 0 spiro atoms. The van der Waals surface area contributed by atoms with Gasteiger partial charge in [0, 0.05) is 43.8 Å². The monoisotopic (exact) mass is 403 g/mol. The lowest BCUT2D eigenvalue weighted by atomic mass is 10.1. The number of anilines is 1. The fourth-order valence-corrected chi connectivity index (χ4v) is 4.20. The number of imidazole rings is 1. The van der Waals surface area contributed by atoms with Crippen LogP contribution in [0.4, 0.5) is 5.69 Å². The molecule has 1 fully saturated rings. The highest BCUT2D eigenvalue weighted by Crippen LogP contribution is 2.26. The van der Waals surface area contributed by atoms with E-state index in [-0.39, 0.29) is 5.63 Å². The van der Waals surface area contributed by atoms with E-state index in [0.29, 0.717) is 22.9 Å². The molecule has 30 heavy (non-hydrogen) atoms. The van der Waals surface area contributed by atoms with E-state index in [1.165, 1.54) is 0 Å². The SMILES string of the molecule is Cc1cn2cc(-c3cc4ccc(N5CCN(C)C(C)C5)cc4c(=O)o3)nc2c(C)n1. The molecule has 1 saturated heterocycles. The Bertz CT molecular complexity index is 1320. The Kier molecular flexibility index (Phi) is 4.36. The van der Waals surface area contributed by atoms with Gasteiger partial charge in [-0.15, -0.1) is 0 Å². The Labute approximate surface area is 174 Å². The molecule has 1 unspecified atom stereocenters. The summed E-state index contributed by atoms with van der Waals surface area (Å²) in [6.07, 6.45) is 3.79. The van der Waals surface area contributed by atoms with Crippen LogP contribution >= 0.6 is 0 Å². The topological polar surface area (TPSA) is 66.9 Å². The molecule has 0 saturated carbocycles. The maximum absolute atomic E-state index is 12.8. The minimum atomic E-state index is -0.338. The standard InChI is InChI=1S/C23H25N5O2/c1-14-11-28-13-20(25-22(28)16(3)24-14)21-9-17-5-6-18(10-19(17)23(29)30-21)27-8-7-26(4)15(2)12-27/h5-6,9-11,13,15H,7-8,12H2,1-4H3. The molecule has 0 amide bonds. The van der Waals surface area contributed by atoms with E-state index in [4.69, 9.17) is 4.42 Å². The quantitative estimate of drug-likeness (QED) is 0.512. The van der Waals surface area contributed by atoms with Crippen molar-refractivity contribution >= 4 is 22.1 Å². The second kappa shape index (κ2) is 6.95. The first-order valence-corrected chi connectivity index (χ1v) is 10.3. The third kappa shape index (κ3) is 3.15. The largest absolute Gasteiger partial charge is 0.421 e. The van der Waals surface area contributed by atoms with E-state index in [9.17, 15) is 4.79 Å². The average Bonchev–Trinajstić information content (AvgIpc) is 3.14. The predicted molar refractivity (Wildman–Crippen MR) is 118 cm³/mol. The number of fused-ring (bicyclic) bond motifs is 2. The van der Waals surface area contributed by atoms with E-state index in [1.54, 1.807) is 0 Å². The van der Waals surface area contributed by atoms with Gasteiger partial charge < -0.3 is 18.6 Å². The van der Waals surface area contributed by atoms with Gasteiger partial charge in [0.2, 0.25) is 0 Å². The van der Waals surface area contributed by atoms with Gasteiger partial charge >= 0.3 is 5.63 Å². The van der Waals surface area contributed by atoms with E-state index >= 15 is 0 Å². The lowest BCUT2D eigenvalue weighted by molar-refractivity contribution is 0.234. The zero-order valence-corrected chi connectivity index (χ0v) is 17.7. The third-order valence-electron chi connectivity index (χ3n) is 6.05. The molecule has 7 nitrogen and oxygen atoms in total. The van der Waals surface area contributed by atoms with Crippen molar-refractivity contribution in [2.45, 2.75) is 26.8 Å². The van der Waals surface area contributed by atoms with Crippen LogP contribution in [0.15, 0.2) is 45.9 Å². The van der Waals surface area contributed by atoms with Crippen LogP contribution in [0.2, 0.25) is 0 Å². The highest BCUT2D eigenvalue weighted by atomic mass is 16.4. The van der Waals surface area contributed by atoms with E-state index in [1.807, 2.05) is 48.8 Å². The summed E-state index contributed by atoms with van der Waals surface area (Å²) in [5.41, 5.74) is 3.87. The van der Waals surface area contributed by atoms with Crippen molar-refractivity contribution in [3.05, 3.63) is 58.5 Å². The van der Waals surface area contributed by atoms with Gasteiger partial charge in [0.25, 0.3) is 0 Å². The zero-order chi connectivity index (χ0) is 21.0. The lowest BCUT2D eigenvalue weighted by Crippen LogP contribution is -2.50. The van der Waals surface area contributed by atoms with Crippen LogP contribution in [0.5, 0.6) is 0 Å². The number of hydrogen-bond donors (Lipinski definition) is 0. The average molecular weight is 403 g/mol. The van der Waals surface area contributed by atoms with Crippen LogP contribution in [0.3, 0.4) is 0 Å². The second-order valence-corrected chi connectivity index (χ2v) is 8.27. The number of aryl methyl sites for hydroxylation is 2. The van der Waals surface area contributed by atoms with Crippen molar-refractivity contribution in [3.8, 4) is 11.5 Å². The van der Waals surface area contributed by atoms with E-state index in [2.05, 4.69) is 39.8 Å². The lowest BCUT2D eigenvalue weighted by Gasteiger charge is -2.39. The maximum atomic E-state index is 12.8. The van der Waals surface area contributed by atoms with Crippen LogP contribution in [-0.2, 0) is 0 Å². The molecule has 3 aromatic heterocycles. The van der Waals surface area contributed by atoms with Crippen molar-refractivity contribution in [1.29, 1.82) is 0 Å². The molecule has 154 valence electrons. The van der Waals surface area contributed by atoms with Gasteiger partial charge in [0.1, 0.15) is 5.69 Å². The van der Waals surface area contributed by atoms with Gasteiger partial charge in [-0.1, -0.05) is 6.07 Å². The van der Waals surface area contributed by atoms with Crippen LogP contribution in [0.25, 0.3) is 27.9 Å². The summed E-state index contributed by atoms with van der Waals surface area (Å²) >= 11 is 0. The van der Waals surface area contributed by atoms with Crippen molar-refractivity contribution < 1.29 is 4.42 Å². The summed E-state index contributed by atoms with van der Waals surface area (Å²) in [4.78, 5) is 26.6. The number of hydrogen-bond acceptors (Lipinski definition) is 6. The first-order valence-electron chi connectivity index (χ1n) is 10.3. The fourth-order valence-electron chi connectivity index (χ4n) is 4.20. The minimum absolute atomic E-state index is 0.338. The Morgan fingerprint density at radius 2 is 1.93 bits per heavy atom. The Balaban J connectivity index is 1.55. The third-order valence-corrected chi connectivity index (χ3v) is 6.05. The number of benzene rings is 1. The van der Waals surface area contributed by atoms with Crippen molar-refractivity contribution in [3.63, 3.8) is 0 Å². The Morgan fingerprint density at radius 1 is 1.10 bits per heavy atom. The summed E-state index contributed by atoms with van der Waals surface area (Å²) in [6.45, 7) is 9.00. The molecule has 5 rings (SSSR count). The maximum Gasteiger partial charge on any atom is 0.344 e. The molecular weight excluding hydrogens is 378 g/mol. The molecule has 0 aliphatic carbocycles. The van der Waals surface area contributed by atoms with Crippen molar-refractivity contribution in [2.24, 2.45) is 0 Å². The molecule has 0 N–H and O–H groups in total. The normalized spacial score (nSPS) is 17.9. The van der Waals surface area contributed by atoms with Gasteiger partial charge in [0.15, 0.2) is 11.4 Å². The second-order valence-electron chi connectivity index (χ2n) is 8.27. The smallest absolute Gasteiger partial charge is 0.344 e. The minimum Gasteiger partial charge on any atom is -0.421 e. The highest BCUT2D eigenvalue weighted by molar-refractivity contribution is 5.87. The highest BCUT2D eigenvalue weighted by Gasteiger charge is 2.21. The zero-order valence-electron chi connectivity index (χ0n) is 17.7. The van der Waals surface area contributed by atoms with Gasteiger partial charge in [-0.3, -0.25) is 4.98 Å². The van der Waals surface area contributed by atoms with E-state index < -0.39 is 0 Å². The molecule has 4 heterocycles. The summed E-state index contributed by atoms with van der Waals surface area (Å²) in [5, 5.41) is 1.45. The number of aromatic nitrogens is 3. The predicted octanol–water partition coefficient (Wildman–Crippen LogP) is 3.26. The number of likely N-dealkylation sites (N-methyl/N-ethyl adjacent to an activating group) is 1. The number of rotatable bonds is 2. The van der Waals surface area contributed by atoms with Gasteiger partial charge in [-0.2, -0.15) is 0 Å². The summed E-state index contributed by atoms with van der Waals surface area (Å²) < 4.78 is 7.60. The molecule has 1 aliphatic heterocycles. The van der Waals surface area contributed by atoms with Crippen molar-refractivity contribution in [2.75, 3.05) is 31.6 Å². The molecule has 1 aliphatic rings. The molecule has 0 radical (unpaired) electrons. The Hall–Kier alpha value is -3.19. The summed E-state index contributed by atoms with van der Waals surface area (Å²) in [7, 11) is 2.15. The van der Waals surface area contributed by atoms with Crippen molar-refractivity contribution in [1.82, 2.24) is 19.3 Å². The van der Waals surface area contributed by atoms with Crippen LogP contribution < -0.4 is 10.5 Å². The van der Waals surface area contributed by atoms with Crippen LogP contribution in [-0.4, -0.2) is 52.0 Å². The first kappa shape index (κ1) is 18.8. The van der Waals surface area contributed by atoms with Crippen LogP contribution in [0.1, 0.15) is 18.3 Å². The molecule has 0 bridgehead atoms. The number of piperazine rings is 1. The Morgan fingerprint density at radius 3 is 2.73 bits per heavy atom. The molecule has 7 heteroatoms. The molecule has 4 aromatic rings. The van der Waals surface area contributed by atoms with E-state index in [0.717, 1.165) is 47.7 Å². The van der Waals surface area contributed by atoms with Gasteiger partial charge in [-0.05, 0) is 51.4 Å². The summed E-state index contributed by atoms with van der Waals surface area (Å²) in [6, 6.07) is 8.41. The fraction of sp³-hybridized carbons (Fsp3) is 0.348. The molecule has 1 aromatic carbocycles.